The summed E-state index contributed by atoms with van der Waals surface area (Å²) in [5.74, 6) is -0.283. The number of carbonyl (C=O) groups is 1. The van der Waals surface area contributed by atoms with Crippen LogP contribution in [0, 0.1) is 0 Å². The minimum atomic E-state index is -1.88. The number of benzene rings is 1. The third-order valence-corrected chi connectivity index (χ3v) is 12.0. The smallest absolute Gasteiger partial charge is 0.327 e. The summed E-state index contributed by atoms with van der Waals surface area (Å²) < 4.78 is 11.6. The van der Waals surface area contributed by atoms with Gasteiger partial charge in [-0.1, -0.05) is 50.6 Å². The molecule has 1 aliphatic heterocycles. The molecular weight excluding hydrogens is 422 g/mol. The lowest BCUT2D eigenvalue weighted by atomic mass is 10.0. The van der Waals surface area contributed by atoms with E-state index in [0.29, 0.717) is 11.6 Å². The third-order valence-electron chi connectivity index (χ3n) is 6.02. The summed E-state index contributed by atoms with van der Waals surface area (Å²) in [6.07, 6.45) is 0.888. The van der Waals surface area contributed by atoms with Gasteiger partial charge in [-0.25, -0.2) is 4.79 Å². The molecule has 0 fully saturated rings. The summed E-state index contributed by atoms with van der Waals surface area (Å²) in [6, 6.07) is 9.15. The fraction of sp³-hybridized carbons (Fsp3) is 0.500. The van der Waals surface area contributed by atoms with E-state index in [1.807, 2.05) is 24.3 Å². The first-order chi connectivity index (χ1) is 13.5. The van der Waals surface area contributed by atoms with Gasteiger partial charge in [-0.2, -0.15) is 0 Å². The first-order valence-corrected chi connectivity index (χ1v) is 14.0. The zero-order valence-electron chi connectivity index (χ0n) is 18.0. The lowest BCUT2D eigenvalue weighted by molar-refractivity contribution is -0.147. The Bertz CT molecular complexity index is 890. The van der Waals surface area contributed by atoms with Crippen LogP contribution in [0.25, 0.3) is 0 Å². The van der Waals surface area contributed by atoms with E-state index in [2.05, 4.69) is 44.8 Å². The Hall–Kier alpha value is -1.34. The second-order valence-corrected chi connectivity index (χ2v) is 15.3. The molecule has 0 N–H and O–H groups in total. The van der Waals surface area contributed by atoms with Gasteiger partial charge in [-0.05, 0) is 47.8 Å². The Morgan fingerprint density at radius 3 is 2.59 bits per heavy atom. The Morgan fingerprint density at radius 2 is 1.97 bits per heavy atom. The van der Waals surface area contributed by atoms with Crippen molar-refractivity contribution in [1.29, 1.82) is 0 Å². The van der Waals surface area contributed by atoms with Gasteiger partial charge < -0.3 is 9.16 Å². The van der Waals surface area contributed by atoms with Crippen LogP contribution in [0.4, 0.5) is 0 Å². The van der Waals surface area contributed by atoms with Crippen molar-refractivity contribution < 1.29 is 14.0 Å². The van der Waals surface area contributed by atoms with E-state index in [0.717, 1.165) is 23.6 Å². The summed E-state index contributed by atoms with van der Waals surface area (Å²) in [5.41, 5.74) is 2.02. The monoisotopic (exact) mass is 451 g/mol. The zero-order chi connectivity index (χ0) is 21.4. The fourth-order valence-corrected chi connectivity index (χ4v) is 6.07. The molecular formula is C22H30ClNO3SSi. The van der Waals surface area contributed by atoms with Gasteiger partial charge in [0.2, 0.25) is 0 Å². The summed E-state index contributed by atoms with van der Waals surface area (Å²) in [5, 5.41) is 1.74. The van der Waals surface area contributed by atoms with E-state index in [9.17, 15) is 4.79 Å². The van der Waals surface area contributed by atoms with Crippen molar-refractivity contribution in [2.75, 3.05) is 13.7 Å². The first-order valence-electron chi connectivity index (χ1n) is 9.90. The highest BCUT2D eigenvalue weighted by Gasteiger charge is 2.40. The molecule has 7 heteroatoms. The van der Waals surface area contributed by atoms with Crippen LogP contribution < -0.4 is 4.43 Å². The van der Waals surface area contributed by atoms with Crippen LogP contribution in [-0.4, -0.2) is 32.8 Å². The lowest BCUT2D eigenvalue weighted by Crippen LogP contribution is -2.43. The number of methoxy groups -OCH3 is 1. The van der Waals surface area contributed by atoms with E-state index in [-0.39, 0.29) is 11.0 Å². The van der Waals surface area contributed by atoms with Crippen LogP contribution in [0.2, 0.25) is 23.2 Å². The average molecular weight is 452 g/mol. The largest absolute Gasteiger partial charge is 0.537 e. The molecule has 0 spiro atoms. The zero-order valence-corrected chi connectivity index (χ0v) is 20.6. The highest BCUT2D eigenvalue weighted by Crippen LogP contribution is 2.42. The molecule has 158 valence electrons. The number of fused-ring (bicyclic) bond motifs is 1. The summed E-state index contributed by atoms with van der Waals surface area (Å²) >= 11 is 8.16. The highest BCUT2D eigenvalue weighted by molar-refractivity contribution is 7.14. The molecule has 1 aromatic heterocycles. The summed E-state index contributed by atoms with van der Waals surface area (Å²) in [6.45, 7) is 12.7. The second-order valence-electron chi connectivity index (χ2n) is 9.04. The van der Waals surface area contributed by atoms with Crippen LogP contribution in [0.1, 0.15) is 42.8 Å². The number of thiophene rings is 1. The Morgan fingerprint density at radius 1 is 1.28 bits per heavy atom. The number of ether oxygens (including phenoxy) is 1. The lowest BCUT2D eigenvalue weighted by Gasteiger charge is -2.35. The molecule has 0 saturated heterocycles. The van der Waals surface area contributed by atoms with E-state index in [1.165, 1.54) is 17.6 Å². The molecule has 4 nitrogen and oxygen atoms in total. The molecule has 0 unspecified atom stereocenters. The van der Waals surface area contributed by atoms with Crippen LogP contribution >= 0.6 is 22.9 Å². The second kappa shape index (κ2) is 8.42. The average Bonchev–Trinajstić information content (AvgIpc) is 3.03. The number of esters is 1. The predicted molar refractivity (Wildman–Crippen MR) is 122 cm³/mol. The Labute approximate surface area is 183 Å². The van der Waals surface area contributed by atoms with Crippen molar-refractivity contribution in [1.82, 2.24) is 4.90 Å². The molecule has 0 aliphatic carbocycles. The number of carbonyl (C=O) groups excluding carboxylic acids is 1. The Kier molecular flexibility index (Phi) is 6.49. The van der Waals surface area contributed by atoms with Crippen molar-refractivity contribution in [3.63, 3.8) is 0 Å². The Balaban J connectivity index is 1.85. The molecule has 1 atom stereocenters. The maximum absolute atomic E-state index is 12.6. The van der Waals surface area contributed by atoms with E-state index < -0.39 is 14.4 Å². The van der Waals surface area contributed by atoms with E-state index >= 15 is 0 Å². The number of nitrogens with zero attached hydrogens (tertiary/aromatic N) is 1. The number of rotatable bonds is 5. The van der Waals surface area contributed by atoms with Gasteiger partial charge in [-0.15, -0.1) is 11.3 Å². The molecule has 0 bridgehead atoms. The molecule has 0 amide bonds. The van der Waals surface area contributed by atoms with Crippen molar-refractivity contribution in [3.8, 4) is 5.06 Å². The van der Waals surface area contributed by atoms with Gasteiger partial charge in [-0.3, -0.25) is 4.90 Å². The van der Waals surface area contributed by atoms with Gasteiger partial charge in [0.25, 0.3) is 8.32 Å². The molecule has 0 radical (unpaired) electrons. The summed E-state index contributed by atoms with van der Waals surface area (Å²) in [7, 11) is -0.450. The summed E-state index contributed by atoms with van der Waals surface area (Å²) in [4.78, 5) is 16.1. The van der Waals surface area contributed by atoms with Crippen molar-refractivity contribution in [2.45, 2.75) is 57.9 Å². The maximum atomic E-state index is 12.6. The normalized spacial score (nSPS) is 16.2. The van der Waals surface area contributed by atoms with Gasteiger partial charge in [0, 0.05) is 23.0 Å². The molecule has 2 heterocycles. The molecule has 29 heavy (non-hydrogen) atoms. The van der Waals surface area contributed by atoms with Crippen LogP contribution in [-0.2, 0) is 22.5 Å². The molecule has 0 saturated carbocycles. The van der Waals surface area contributed by atoms with Crippen molar-refractivity contribution in [3.05, 3.63) is 51.4 Å². The van der Waals surface area contributed by atoms with Crippen LogP contribution in [0.15, 0.2) is 30.3 Å². The molecule has 3 rings (SSSR count). The minimum Gasteiger partial charge on any atom is -0.537 e. The SMILES string of the molecule is COC(=O)[C@H](c1ccccc1Cl)N1CCc2sc(O[Si](C)(C)C(C)(C)C)cc2C1. The number of halogens is 1. The topological polar surface area (TPSA) is 38.8 Å². The van der Waals surface area contributed by atoms with Gasteiger partial charge >= 0.3 is 5.97 Å². The van der Waals surface area contributed by atoms with Crippen LogP contribution in [0.5, 0.6) is 5.06 Å². The maximum Gasteiger partial charge on any atom is 0.327 e. The quantitative estimate of drug-likeness (QED) is 0.409. The van der Waals surface area contributed by atoms with Crippen molar-refractivity contribution in [2.24, 2.45) is 0 Å². The molecule has 2 aromatic rings. The number of hydrogen-bond donors (Lipinski definition) is 0. The van der Waals surface area contributed by atoms with E-state index in [4.69, 9.17) is 20.8 Å². The fourth-order valence-electron chi connectivity index (χ4n) is 3.28. The molecule has 1 aliphatic rings. The predicted octanol–water partition coefficient (Wildman–Crippen LogP) is 6.06. The van der Waals surface area contributed by atoms with Crippen LogP contribution in [0.3, 0.4) is 0 Å². The van der Waals surface area contributed by atoms with E-state index in [1.54, 1.807) is 11.3 Å². The first kappa shape index (κ1) is 22.3. The van der Waals surface area contributed by atoms with Gasteiger partial charge in [0.05, 0.1) is 7.11 Å². The minimum absolute atomic E-state index is 0.156. The molecule has 1 aromatic carbocycles. The standard InChI is InChI=1S/C22H30ClNO3SSi/c1-22(2,3)29(5,6)27-19-13-15-14-24(12-11-18(15)28-19)20(21(25)26-4)16-9-7-8-10-17(16)23/h7-10,13,20H,11-12,14H2,1-6H3/t20-/m0/s1. The van der Waals surface area contributed by atoms with Gasteiger partial charge in [0.15, 0.2) is 5.06 Å². The number of hydrogen-bond acceptors (Lipinski definition) is 5. The van der Waals surface area contributed by atoms with Gasteiger partial charge in [0.1, 0.15) is 6.04 Å². The van der Waals surface area contributed by atoms with Crippen molar-refractivity contribution >= 4 is 37.2 Å². The highest BCUT2D eigenvalue weighted by atomic mass is 35.5. The third kappa shape index (κ3) is 4.71.